The Morgan fingerprint density at radius 3 is 2.94 bits per heavy atom. The molecule has 1 atom stereocenters. The van der Waals surface area contributed by atoms with Gasteiger partial charge in [0.1, 0.15) is 5.60 Å². The summed E-state index contributed by atoms with van der Waals surface area (Å²) in [5.74, 6) is 0.363. The van der Waals surface area contributed by atoms with Gasteiger partial charge in [-0.25, -0.2) is 0 Å². The molecule has 1 aliphatic rings. The molecule has 0 aromatic carbocycles. The summed E-state index contributed by atoms with van der Waals surface area (Å²) >= 11 is 3.46. The fourth-order valence-electron chi connectivity index (χ4n) is 2.05. The third kappa shape index (κ3) is 2.17. The molecule has 1 aliphatic carbocycles. The van der Waals surface area contributed by atoms with E-state index in [-0.39, 0.29) is 0 Å². The molecular formula is C11H17BrN2O2. The minimum absolute atomic E-state index is 0.363. The van der Waals surface area contributed by atoms with Gasteiger partial charge in [0, 0.05) is 7.11 Å². The molecule has 1 N–H and O–H groups in total. The number of aliphatic hydroxyl groups is 1. The Bertz CT molecular complexity index is 372. The van der Waals surface area contributed by atoms with Gasteiger partial charge < -0.3 is 9.84 Å². The van der Waals surface area contributed by atoms with E-state index >= 15 is 0 Å². The lowest BCUT2D eigenvalue weighted by molar-refractivity contribution is 0.0218. The largest absolute Gasteiger partial charge is 0.384 e. The van der Waals surface area contributed by atoms with Crippen LogP contribution >= 0.6 is 15.9 Å². The topological polar surface area (TPSA) is 47.3 Å². The summed E-state index contributed by atoms with van der Waals surface area (Å²) in [4.78, 5) is 0. The van der Waals surface area contributed by atoms with Gasteiger partial charge in [0.25, 0.3) is 0 Å². The highest BCUT2D eigenvalue weighted by atomic mass is 79.9. The summed E-state index contributed by atoms with van der Waals surface area (Å²) in [5.41, 5.74) is 0.0790. The van der Waals surface area contributed by atoms with Crippen molar-refractivity contribution in [3.05, 3.63) is 16.4 Å². The van der Waals surface area contributed by atoms with Crippen LogP contribution in [0.2, 0.25) is 0 Å². The minimum Gasteiger partial charge on any atom is -0.384 e. The van der Waals surface area contributed by atoms with Crippen molar-refractivity contribution in [3.8, 4) is 0 Å². The van der Waals surface area contributed by atoms with Crippen LogP contribution in [-0.4, -0.2) is 28.6 Å². The van der Waals surface area contributed by atoms with Gasteiger partial charge in [0.2, 0.25) is 0 Å². The zero-order chi connectivity index (χ0) is 11.8. The molecular weight excluding hydrogens is 272 g/mol. The molecule has 2 rings (SSSR count). The summed E-state index contributed by atoms with van der Waals surface area (Å²) in [6.45, 7) is 3.14. The van der Waals surface area contributed by atoms with E-state index in [1.54, 1.807) is 13.3 Å². The number of methoxy groups -OCH3 is 1. The van der Waals surface area contributed by atoms with Gasteiger partial charge in [0.15, 0.2) is 0 Å². The Morgan fingerprint density at radius 2 is 2.38 bits per heavy atom. The third-order valence-electron chi connectivity index (χ3n) is 3.15. The predicted octanol–water partition coefficient (Wildman–Crippen LogP) is 1.91. The smallest absolute Gasteiger partial charge is 0.107 e. The van der Waals surface area contributed by atoms with E-state index in [2.05, 4.69) is 21.0 Å². The number of nitrogens with zero attached hydrogens (tertiary/aromatic N) is 2. The molecule has 0 aliphatic heterocycles. The van der Waals surface area contributed by atoms with Crippen molar-refractivity contribution >= 4 is 15.9 Å². The van der Waals surface area contributed by atoms with Crippen LogP contribution in [0.4, 0.5) is 0 Å². The van der Waals surface area contributed by atoms with Gasteiger partial charge in [-0.15, -0.1) is 0 Å². The lowest BCUT2D eigenvalue weighted by Crippen LogP contribution is -2.29. The van der Waals surface area contributed by atoms with Crippen molar-refractivity contribution in [2.24, 2.45) is 5.92 Å². The van der Waals surface area contributed by atoms with Gasteiger partial charge in [-0.3, -0.25) is 4.68 Å². The quantitative estimate of drug-likeness (QED) is 0.900. The monoisotopic (exact) mass is 288 g/mol. The van der Waals surface area contributed by atoms with Crippen LogP contribution in [0.15, 0.2) is 10.7 Å². The van der Waals surface area contributed by atoms with Crippen LogP contribution in [0.5, 0.6) is 0 Å². The lowest BCUT2D eigenvalue weighted by Gasteiger charge is -2.25. The number of aromatic nitrogens is 2. The summed E-state index contributed by atoms with van der Waals surface area (Å²) in [5, 5.41) is 14.8. The van der Waals surface area contributed by atoms with E-state index in [0.29, 0.717) is 19.1 Å². The zero-order valence-corrected chi connectivity index (χ0v) is 11.2. The molecule has 0 amide bonds. The van der Waals surface area contributed by atoms with Gasteiger partial charge in [-0.05, 0) is 41.6 Å². The number of hydrogen-bond donors (Lipinski definition) is 1. The Balaban J connectivity index is 2.26. The van der Waals surface area contributed by atoms with Crippen LogP contribution in [0, 0.1) is 5.92 Å². The fraction of sp³-hybridized carbons (Fsp3) is 0.727. The summed E-state index contributed by atoms with van der Waals surface area (Å²) < 4.78 is 7.74. The second kappa shape index (κ2) is 4.47. The Labute approximate surface area is 104 Å². The van der Waals surface area contributed by atoms with E-state index in [1.165, 1.54) is 0 Å². The molecule has 1 fully saturated rings. The number of hydrogen-bond acceptors (Lipinski definition) is 3. The van der Waals surface area contributed by atoms with Crippen LogP contribution in [0.1, 0.15) is 25.5 Å². The lowest BCUT2D eigenvalue weighted by atomic mass is 9.96. The van der Waals surface area contributed by atoms with E-state index < -0.39 is 5.60 Å². The van der Waals surface area contributed by atoms with E-state index in [1.807, 2.05) is 11.6 Å². The highest BCUT2D eigenvalue weighted by Gasteiger charge is 2.44. The van der Waals surface area contributed by atoms with Gasteiger partial charge in [-0.2, -0.15) is 5.10 Å². The average molecular weight is 289 g/mol. The first-order valence-corrected chi connectivity index (χ1v) is 6.29. The highest BCUT2D eigenvalue weighted by molar-refractivity contribution is 9.10. The molecule has 1 heterocycles. The van der Waals surface area contributed by atoms with Crippen molar-refractivity contribution in [3.63, 3.8) is 0 Å². The molecule has 0 saturated heterocycles. The van der Waals surface area contributed by atoms with E-state index in [0.717, 1.165) is 23.0 Å². The maximum Gasteiger partial charge on any atom is 0.107 e. The summed E-state index contributed by atoms with van der Waals surface area (Å²) in [7, 11) is 1.66. The molecule has 0 spiro atoms. The molecule has 1 unspecified atom stereocenters. The van der Waals surface area contributed by atoms with Crippen LogP contribution in [0.3, 0.4) is 0 Å². The second-order valence-electron chi connectivity index (χ2n) is 4.48. The van der Waals surface area contributed by atoms with Crippen LogP contribution in [0.25, 0.3) is 0 Å². The van der Waals surface area contributed by atoms with Crippen molar-refractivity contribution in [1.82, 2.24) is 9.78 Å². The SMILES string of the molecule is COCCn1ncc(Br)c1C(C)(O)C1CC1. The van der Waals surface area contributed by atoms with Crippen molar-refractivity contribution in [2.75, 3.05) is 13.7 Å². The van der Waals surface area contributed by atoms with Gasteiger partial charge in [-0.1, -0.05) is 0 Å². The summed E-state index contributed by atoms with van der Waals surface area (Å²) in [6, 6.07) is 0. The Morgan fingerprint density at radius 1 is 1.69 bits per heavy atom. The fourth-order valence-corrected chi connectivity index (χ4v) is 2.75. The third-order valence-corrected chi connectivity index (χ3v) is 3.73. The number of rotatable bonds is 5. The van der Waals surface area contributed by atoms with Crippen LogP contribution < -0.4 is 0 Å². The van der Waals surface area contributed by atoms with Crippen LogP contribution in [-0.2, 0) is 16.9 Å². The predicted molar refractivity (Wildman–Crippen MR) is 64.1 cm³/mol. The molecule has 1 saturated carbocycles. The highest BCUT2D eigenvalue weighted by Crippen LogP contribution is 2.47. The molecule has 1 aromatic rings. The molecule has 16 heavy (non-hydrogen) atoms. The Kier molecular flexibility index (Phi) is 3.37. The maximum absolute atomic E-state index is 10.5. The molecule has 90 valence electrons. The zero-order valence-electron chi connectivity index (χ0n) is 9.61. The average Bonchev–Trinajstić information content (AvgIpc) is 3.01. The number of ether oxygens (including phenoxy) is 1. The molecule has 4 nitrogen and oxygen atoms in total. The van der Waals surface area contributed by atoms with Gasteiger partial charge >= 0.3 is 0 Å². The van der Waals surface area contributed by atoms with E-state index in [4.69, 9.17) is 4.74 Å². The molecule has 1 aromatic heterocycles. The Hall–Kier alpha value is -0.390. The van der Waals surface area contributed by atoms with Crippen molar-refractivity contribution < 1.29 is 9.84 Å². The first-order chi connectivity index (χ1) is 7.57. The number of halogens is 1. The molecule has 0 bridgehead atoms. The first kappa shape index (κ1) is 12.1. The minimum atomic E-state index is -0.789. The standard InChI is InChI=1S/C11H17BrN2O2/c1-11(15,8-3-4-8)10-9(12)7-13-14(10)5-6-16-2/h7-8,15H,3-6H2,1-2H3. The molecule has 0 radical (unpaired) electrons. The first-order valence-electron chi connectivity index (χ1n) is 5.50. The normalized spacial score (nSPS) is 19.8. The summed E-state index contributed by atoms with van der Waals surface area (Å²) in [6.07, 6.45) is 3.92. The van der Waals surface area contributed by atoms with Gasteiger partial charge in [0.05, 0.1) is 29.5 Å². The maximum atomic E-state index is 10.5. The second-order valence-corrected chi connectivity index (χ2v) is 5.33. The molecule has 5 heteroatoms. The van der Waals surface area contributed by atoms with Crippen molar-refractivity contribution in [2.45, 2.75) is 31.9 Å². The van der Waals surface area contributed by atoms with E-state index in [9.17, 15) is 5.11 Å². The van der Waals surface area contributed by atoms with Crippen molar-refractivity contribution in [1.29, 1.82) is 0 Å².